The van der Waals surface area contributed by atoms with E-state index in [0.29, 0.717) is 21.7 Å². The first-order chi connectivity index (χ1) is 15.4. The van der Waals surface area contributed by atoms with E-state index in [1.54, 1.807) is 66.9 Å². The van der Waals surface area contributed by atoms with Gasteiger partial charge in [0, 0.05) is 21.5 Å². The van der Waals surface area contributed by atoms with Crippen LogP contribution in [0.25, 0.3) is 11.1 Å². The van der Waals surface area contributed by atoms with Gasteiger partial charge in [0.15, 0.2) is 12.7 Å². The number of rotatable bonds is 8. The number of nitrogens with one attached hydrogen (secondary N) is 1. The van der Waals surface area contributed by atoms with Crippen LogP contribution in [0.4, 0.5) is 5.00 Å². The maximum absolute atomic E-state index is 12.6. The van der Waals surface area contributed by atoms with Crippen molar-refractivity contribution in [1.29, 1.82) is 0 Å². The molecule has 0 aliphatic rings. The van der Waals surface area contributed by atoms with Gasteiger partial charge in [-0.05, 0) is 18.6 Å². The van der Waals surface area contributed by atoms with E-state index in [4.69, 9.17) is 21.1 Å². The summed E-state index contributed by atoms with van der Waals surface area (Å²) in [6, 6.07) is 15.2. The van der Waals surface area contributed by atoms with Crippen molar-refractivity contribution in [3.8, 4) is 11.1 Å². The summed E-state index contributed by atoms with van der Waals surface area (Å²) in [7, 11) is 0. The third-order valence-corrected chi connectivity index (χ3v) is 5.60. The van der Waals surface area contributed by atoms with Crippen LogP contribution in [-0.4, -0.2) is 36.2 Å². The molecule has 0 bridgehead atoms. The van der Waals surface area contributed by atoms with E-state index in [9.17, 15) is 19.5 Å². The highest BCUT2D eigenvalue weighted by molar-refractivity contribution is 7.15. The Labute approximate surface area is 193 Å². The number of aliphatic hydroxyl groups excluding tert-OH is 1. The summed E-state index contributed by atoms with van der Waals surface area (Å²) < 4.78 is 10.1. The zero-order valence-electron chi connectivity index (χ0n) is 17.0. The highest BCUT2D eigenvalue weighted by Gasteiger charge is 2.25. The fourth-order valence-electron chi connectivity index (χ4n) is 2.88. The normalized spacial score (nSPS) is 11.5. The molecule has 0 aliphatic heterocycles. The molecule has 2 N–H and O–H groups in total. The van der Waals surface area contributed by atoms with Crippen LogP contribution in [0.1, 0.15) is 28.9 Å². The van der Waals surface area contributed by atoms with E-state index in [-0.39, 0.29) is 17.2 Å². The van der Waals surface area contributed by atoms with Crippen LogP contribution in [0.5, 0.6) is 0 Å². The second-order valence-corrected chi connectivity index (χ2v) is 7.81. The molecule has 0 spiro atoms. The summed E-state index contributed by atoms with van der Waals surface area (Å²) in [4.78, 5) is 37.0. The van der Waals surface area contributed by atoms with Crippen LogP contribution in [0, 0.1) is 0 Å². The van der Waals surface area contributed by atoms with Gasteiger partial charge in [-0.25, -0.2) is 9.59 Å². The minimum absolute atomic E-state index is 0.152. The Bertz CT molecular complexity index is 1110. The molecule has 32 heavy (non-hydrogen) atoms. The molecule has 7 nitrogen and oxygen atoms in total. The second kappa shape index (κ2) is 10.9. The predicted octanol–water partition coefficient (Wildman–Crippen LogP) is 4.46. The number of anilines is 1. The van der Waals surface area contributed by atoms with Gasteiger partial charge in [-0.2, -0.15) is 0 Å². The number of hydrogen-bond donors (Lipinski definition) is 2. The lowest BCUT2D eigenvalue weighted by molar-refractivity contribution is -0.156. The average Bonchev–Trinajstić information content (AvgIpc) is 3.21. The van der Waals surface area contributed by atoms with Crippen molar-refractivity contribution < 1.29 is 29.0 Å². The molecule has 0 fully saturated rings. The molecule has 166 valence electrons. The molecular weight excluding hydrogens is 454 g/mol. The Morgan fingerprint density at radius 2 is 1.72 bits per heavy atom. The number of amides is 1. The maximum Gasteiger partial charge on any atom is 0.341 e. The lowest BCUT2D eigenvalue weighted by atomic mass is 10.0. The number of thiophene rings is 1. The summed E-state index contributed by atoms with van der Waals surface area (Å²) in [5.74, 6) is -2.24. The Morgan fingerprint density at radius 1 is 1.03 bits per heavy atom. The molecule has 3 aromatic rings. The van der Waals surface area contributed by atoms with Crippen molar-refractivity contribution in [3.05, 3.63) is 76.1 Å². The van der Waals surface area contributed by atoms with Gasteiger partial charge in [0.2, 0.25) is 0 Å². The van der Waals surface area contributed by atoms with Gasteiger partial charge < -0.3 is 19.9 Å². The molecule has 3 rings (SSSR count). The molecule has 1 atom stereocenters. The van der Waals surface area contributed by atoms with Crippen LogP contribution in [-0.2, 0) is 19.1 Å². The Balaban J connectivity index is 1.74. The molecule has 1 unspecified atom stereocenters. The van der Waals surface area contributed by atoms with E-state index in [2.05, 4.69) is 5.32 Å². The van der Waals surface area contributed by atoms with Crippen molar-refractivity contribution >= 4 is 45.8 Å². The van der Waals surface area contributed by atoms with Crippen LogP contribution >= 0.6 is 22.9 Å². The number of carbonyl (C=O) groups is 3. The Hall–Kier alpha value is -3.20. The summed E-state index contributed by atoms with van der Waals surface area (Å²) in [5.41, 5.74) is 1.65. The maximum atomic E-state index is 12.6. The van der Waals surface area contributed by atoms with Crippen molar-refractivity contribution in [1.82, 2.24) is 0 Å². The van der Waals surface area contributed by atoms with Gasteiger partial charge in [-0.15, -0.1) is 11.3 Å². The molecule has 9 heteroatoms. The number of halogens is 1. The highest BCUT2D eigenvalue weighted by Crippen LogP contribution is 2.39. The fraction of sp³-hybridized carbons (Fsp3) is 0.174. The largest absolute Gasteiger partial charge is 0.462 e. The van der Waals surface area contributed by atoms with Crippen molar-refractivity contribution in [3.63, 3.8) is 0 Å². The van der Waals surface area contributed by atoms with E-state index < -0.39 is 30.6 Å². The topological polar surface area (TPSA) is 102 Å². The molecular formula is C23H20ClNO6S. The lowest BCUT2D eigenvalue weighted by Crippen LogP contribution is -2.24. The zero-order valence-corrected chi connectivity index (χ0v) is 18.6. The molecule has 1 heterocycles. The van der Waals surface area contributed by atoms with Crippen molar-refractivity contribution in [2.45, 2.75) is 13.0 Å². The molecule has 2 aromatic carbocycles. The number of ether oxygens (including phenoxy) is 2. The first-order valence-corrected chi connectivity index (χ1v) is 10.9. The lowest BCUT2D eigenvalue weighted by Gasteiger charge is -2.12. The van der Waals surface area contributed by atoms with Gasteiger partial charge in [-0.1, -0.05) is 60.1 Å². The van der Waals surface area contributed by atoms with Crippen LogP contribution in [0.2, 0.25) is 5.02 Å². The van der Waals surface area contributed by atoms with Crippen molar-refractivity contribution in [2.75, 3.05) is 18.5 Å². The third kappa shape index (κ3) is 5.53. The summed E-state index contributed by atoms with van der Waals surface area (Å²) in [5, 5.41) is 15.0. The first kappa shape index (κ1) is 23.5. The summed E-state index contributed by atoms with van der Waals surface area (Å²) in [6.45, 7) is 1.19. The number of hydrogen-bond acceptors (Lipinski definition) is 7. The van der Waals surface area contributed by atoms with Gasteiger partial charge in [0.25, 0.3) is 5.91 Å². The monoisotopic (exact) mass is 473 g/mol. The van der Waals surface area contributed by atoms with Gasteiger partial charge >= 0.3 is 11.9 Å². The summed E-state index contributed by atoms with van der Waals surface area (Å²) in [6.07, 6.45) is -1.51. The van der Waals surface area contributed by atoms with Gasteiger partial charge in [0.05, 0.1) is 6.61 Å². The fourth-order valence-corrected chi connectivity index (χ4v) is 4.09. The number of carbonyl (C=O) groups excluding carboxylic acids is 3. The summed E-state index contributed by atoms with van der Waals surface area (Å²) >= 11 is 7.39. The minimum Gasteiger partial charge on any atom is -0.462 e. The van der Waals surface area contributed by atoms with E-state index in [1.165, 1.54) is 0 Å². The third-order valence-electron chi connectivity index (χ3n) is 4.37. The van der Waals surface area contributed by atoms with Crippen LogP contribution in [0.3, 0.4) is 0 Å². The molecule has 0 radical (unpaired) electrons. The molecule has 0 saturated heterocycles. The number of esters is 2. The van der Waals surface area contributed by atoms with Crippen molar-refractivity contribution in [2.24, 2.45) is 0 Å². The standard InChI is InChI=1S/C23H20ClNO6S/c1-2-30-22(28)19-16(15-10-6-7-11-17(15)24)13-32-21(19)25-18(26)12-31-23(29)20(27)14-8-4-3-5-9-14/h3-11,13,20,27H,2,12H2,1H3,(H,25,26). The van der Waals surface area contributed by atoms with Crippen LogP contribution in [0.15, 0.2) is 60.0 Å². The average molecular weight is 474 g/mol. The SMILES string of the molecule is CCOC(=O)c1c(-c2ccccc2Cl)csc1NC(=O)COC(=O)C(O)c1ccccc1. The quantitative estimate of drug-likeness (QED) is 0.468. The predicted molar refractivity (Wildman–Crippen MR) is 122 cm³/mol. The molecule has 1 amide bonds. The zero-order chi connectivity index (χ0) is 23.1. The van der Waals surface area contributed by atoms with E-state index in [0.717, 1.165) is 11.3 Å². The first-order valence-electron chi connectivity index (χ1n) is 9.65. The van der Waals surface area contributed by atoms with Gasteiger partial charge in [0.1, 0.15) is 10.6 Å². The second-order valence-electron chi connectivity index (χ2n) is 6.52. The van der Waals surface area contributed by atoms with Gasteiger partial charge in [-0.3, -0.25) is 4.79 Å². The van der Waals surface area contributed by atoms with Crippen LogP contribution < -0.4 is 5.32 Å². The molecule has 0 saturated carbocycles. The number of aliphatic hydroxyl groups is 1. The van der Waals surface area contributed by atoms with E-state index in [1.807, 2.05) is 0 Å². The highest BCUT2D eigenvalue weighted by atomic mass is 35.5. The van der Waals surface area contributed by atoms with E-state index >= 15 is 0 Å². The Kier molecular flexibility index (Phi) is 7.99. The smallest absolute Gasteiger partial charge is 0.341 e. The molecule has 0 aliphatic carbocycles. The minimum atomic E-state index is -1.51. The Morgan fingerprint density at radius 3 is 2.41 bits per heavy atom. The molecule has 1 aromatic heterocycles. The number of benzene rings is 2.